The van der Waals surface area contributed by atoms with Crippen LogP contribution >= 0.6 is 0 Å². The number of halogens is 1. The van der Waals surface area contributed by atoms with E-state index in [1.165, 1.54) is 12.1 Å². The van der Waals surface area contributed by atoms with Crippen LogP contribution in [0.4, 0.5) is 4.39 Å². The van der Waals surface area contributed by atoms with Gasteiger partial charge in [-0.05, 0) is 49.1 Å². The van der Waals surface area contributed by atoms with E-state index in [1.54, 1.807) is 35.2 Å². The standard InChI is InChI=1S/C19H17FN2O/c20-16-8-5-7-14(12-16)18-10-3-4-11-22(18)19(23)17-9-2-1-6-15(17)13-21/h1-2,5-9,12,18H,3-4,10-11H2/t18-/m0/s1. The van der Waals surface area contributed by atoms with Crippen molar-refractivity contribution in [2.24, 2.45) is 0 Å². The number of benzene rings is 2. The van der Waals surface area contributed by atoms with E-state index >= 15 is 0 Å². The molecule has 1 fully saturated rings. The van der Waals surface area contributed by atoms with Crippen LogP contribution in [0.25, 0.3) is 0 Å². The van der Waals surface area contributed by atoms with Gasteiger partial charge in [0.1, 0.15) is 5.82 Å². The topological polar surface area (TPSA) is 44.1 Å². The number of amides is 1. The summed E-state index contributed by atoms with van der Waals surface area (Å²) in [5.74, 6) is -0.450. The molecule has 116 valence electrons. The van der Waals surface area contributed by atoms with Gasteiger partial charge in [0, 0.05) is 6.54 Å². The first kappa shape index (κ1) is 15.2. The second-order valence-electron chi connectivity index (χ2n) is 5.72. The molecule has 1 atom stereocenters. The van der Waals surface area contributed by atoms with E-state index in [4.69, 9.17) is 0 Å². The SMILES string of the molecule is N#Cc1ccccc1C(=O)N1CCCC[C@H]1c1cccc(F)c1. The summed E-state index contributed by atoms with van der Waals surface area (Å²) in [5, 5.41) is 9.21. The normalized spacial score (nSPS) is 17.6. The molecular weight excluding hydrogens is 291 g/mol. The fraction of sp³-hybridized carbons (Fsp3) is 0.263. The molecule has 0 unspecified atom stereocenters. The summed E-state index contributed by atoms with van der Waals surface area (Å²) in [6.45, 7) is 0.625. The number of hydrogen-bond acceptors (Lipinski definition) is 2. The Hall–Kier alpha value is -2.67. The Morgan fingerprint density at radius 2 is 2.00 bits per heavy atom. The summed E-state index contributed by atoms with van der Waals surface area (Å²) in [6, 6.07) is 15.2. The molecule has 0 bridgehead atoms. The molecule has 0 aliphatic carbocycles. The molecule has 1 amide bonds. The van der Waals surface area contributed by atoms with Crippen LogP contribution in [0.1, 0.15) is 46.8 Å². The Balaban J connectivity index is 1.95. The van der Waals surface area contributed by atoms with Gasteiger partial charge >= 0.3 is 0 Å². The van der Waals surface area contributed by atoms with Gasteiger partial charge in [0.15, 0.2) is 0 Å². The number of carbonyl (C=O) groups excluding carboxylic acids is 1. The predicted octanol–water partition coefficient (Wildman–Crippen LogP) is 4.06. The van der Waals surface area contributed by atoms with Gasteiger partial charge in [0.25, 0.3) is 5.91 Å². The van der Waals surface area contributed by atoms with Gasteiger partial charge < -0.3 is 4.90 Å². The molecule has 3 nitrogen and oxygen atoms in total. The van der Waals surface area contributed by atoms with E-state index in [2.05, 4.69) is 6.07 Å². The highest BCUT2D eigenvalue weighted by molar-refractivity contribution is 5.97. The summed E-state index contributed by atoms with van der Waals surface area (Å²) in [5.41, 5.74) is 1.60. The van der Waals surface area contributed by atoms with Crippen molar-refractivity contribution in [2.75, 3.05) is 6.54 Å². The average molecular weight is 308 g/mol. The molecule has 1 aliphatic rings. The van der Waals surface area contributed by atoms with Crippen molar-refractivity contribution in [1.82, 2.24) is 4.90 Å². The van der Waals surface area contributed by atoms with Crippen LogP contribution in [-0.4, -0.2) is 17.4 Å². The molecule has 1 saturated heterocycles. The van der Waals surface area contributed by atoms with Crippen LogP contribution in [0.3, 0.4) is 0 Å². The zero-order valence-corrected chi connectivity index (χ0v) is 12.7. The lowest BCUT2D eigenvalue weighted by Gasteiger charge is -2.36. The van der Waals surface area contributed by atoms with Crippen LogP contribution in [0, 0.1) is 17.1 Å². The number of carbonyl (C=O) groups is 1. The Morgan fingerprint density at radius 1 is 1.17 bits per heavy atom. The maximum atomic E-state index is 13.5. The largest absolute Gasteiger partial charge is 0.332 e. The average Bonchev–Trinajstić information content (AvgIpc) is 2.61. The van der Waals surface area contributed by atoms with E-state index in [9.17, 15) is 14.4 Å². The lowest BCUT2D eigenvalue weighted by molar-refractivity contribution is 0.0611. The van der Waals surface area contributed by atoms with Crippen molar-refractivity contribution in [3.63, 3.8) is 0 Å². The van der Waals surface area contributed by atoms with Crippen molar-refractivity contribution in [2.45, 2.75) is 25.3 Å². The Labute approximate surface area is 135 Å². The van der Waals surface area contributed by atoms with Crippen molar-refractivity contribution in [3.8, 4) is 6.07 Å². The molecule has 0 aromatic heterocycles. The number of piperidine rings is 1. The lowest BCUT2D eigenvalue weighted by Crippen LogP contribution is -2.38. The smallest absolute Gasteiger partial charge is 0.255 e. The summed E-state index contributed by atoms with van der Waals surface area (Å²) in [6.07, 6.45) is 2.74. The van der Waals surface area contributed by atoms with Crippen LogP contribution in [0.2, 0.25) is 0 Å². The highest BCUT2D eigenvalue weighted by Gasteiger charge is 2.29. The third-order valence-electron chi connectivity index (χ3n) is 4.28. The van der Waals surface area contributed by atoms with Gasteiger partial charge in [-0.1, -0.05) is 24.3 Å². The number of hydrogen-bond donors (Lipinski definition) is 0. The van der Waals surface area contributed by atoms with Crippen molar-refractivity contribution in [3.05, 3.63) is 71.0 Å². The Morgan fingerprint density at radius 3 is 2.78 bits per heavy atom. The van der Waals surface area contributed by atoms with Crippen LogP contribution in [0.5, 0.6) is 0 Å². The third-order valence-corrected chi connectivity index (χ3v) is 4.28. The van der Waals surface area contributed by atoms with Gasteiger partial charge in [-0.2, -0.15) is 5.26 Å². The van der Waals surface area contributed by atoms with Crippen molar-refractivity contribution >= 4 is 5.91 Å². The first-order valence-corrected chi connectivity index (χ1v) is 7.76. The molecule has 0 spiro atoms. The molecule has 1 aliphatic heterocycles. The van der Waals surface area contributed by atoms with Gasteiger partial charge in [-0.25, -0.2) is 4.39 Å². The fourth-order valence-electron chi connectivity index (χ4n) is 3.16. The third kappa shape index (κ3) is 3.09. The summed E-state index contributed by atoms with van der Waals surface area (Å²) < 4.78 is 13.5. The highest BCUT2D eigenvalue weighted by atomic mass is 19.1. The summed E-state index contributed by atoms with van der Waals surface area (Å²) in [7, 11) is 0. The van der Waals surface area contributed by atoms with E-state index in [1.807, 2.05) is 6.07 Å². The monoisotopic (exact) mass is 308 g/mol. The molecule has 3 rings (SSSR count). The summed E-state index contributed by atoms with van der Waals surface area (Å²) >= 11 is 0. The zero-order valence-electron chi connectivity index (χ0n) is 12.7. The minimum Gasteiger partial charge on any atom is -0.332 e. The molecule has 1 heterocycles. The highest BCUT2D eigenvalue weighted by Crippen LogP contribution is 2.32. The number of nitriles is 1. The van der Waals surface area contributed by atoms with E-state index in [0.717, 1.165) is 24.8 Å². The molecule has 0 radical (unpaired) electrons. The van der Waals surface area contributed by atoms with Crippen LogP contribution in [0.15, 0.2) is 48.5 Å². The molecule has 0 saturated carbocycles. The van der Waals surface area contributed by atoms with E-state index < -0.39 is 0 Å². The number of likely N-dealkylation sites (tertiary alicyclic amines) is 1. The van der Waals surface area contributed by atoms with Gasteiger partial charge in [-0.3, -0.25) is 4.79 Å². The maximum absolute atomic E-state index is 13.5. The minimum atomic E-state index is -0.294. The molecule has 0 N–H and O–H groups in total. The molecular formula is C19H17FN2O. The number of nitrogens with zero attached hydrogens (tertiary/aromatic N) is 2. The van der Waals surface area contributed by atoms with Crippen LogP contribution in [-0.2, 0) is 0 Å². The molecule has 2 aromatic rings. The lowest BCUT2D eigenvalue weighted by atomic mass is 9.94. The first-order valence-electron chi connectivity index (χ1n) is 7.76. The molecule has 23 heavy (non-hydrogen) atoms. The first-order chi connectivity index (χ1) is 11.2. The fourth-order valence-corrected chi connectivity index (χ4v) is 3.16. The molecule has 4 heteroatoms. The van der Waals surface area contributed by atoms with E-state index in [0.29, 0.717) is 17.7 Å². The quantitative estimate of drug-likeness (QED) is 0.839. The van der Waals surface area contributed by atoms with E-state index in [-0.39, 0.29) is 17.8 Å². The van der Waals surface area contributed by atoms with Gasteiger partial charge in [0.05, 0.1) is 23.2 Å². The second kappa shape index (κ2) is 6.62. The number of rotatable bonds is 2. The predicted molar refractivity (Wildman–Crippen MR) is 85.2 cm³/mol. The van der Waals surface area contributed by atoms with Crippen LogP contribution < -0.4 is 0 Å². The second-order valence-corrected chi connectivity index (χ2v) is 5.72. The molecule has 2 aromatic carbocycles. The van der Waals surface area contributed by atoms with Gasteiger partial charge in [-0.15, -0.1) is 0 Å². The van der Waals surface area contributed by atoms with Crippen molar-refractivity contribution < 1.29 is 9.18 Å². The van der Waals surface area contributed by atoms with Crippen molar-refractivity contribution in [1.29, 1.82) is 5.26 Å². The summed E-state index contributed by atoms with van der Waals surface area (Å²) in [4.78, 5) is 14.7. The Kier molecular flexibility index (Phi) is 4.38. The zero-order chi connectivity index (χ0) is 16.2. The maximum Gasteiger partial charge on any atom is 0.255 e. The van der Waals surface area contributed by atoms with Gasteiger partial charge in [0.2, 0.25) is 0 Å². The minimum absolute atomic E-state index is 0.140. The Bertz CT molecular complexity index is 766.